The van der Waals surface area contributed by atoms with Crippen molar-refractivity contribution < 1.29 is 9.18 Å². The molecule has 0 atom stereocenters. The van der Waals surface area contributed by atoms with Gasteiger partial charge < -0.3 is 0 Å². The second-order valence-corrected chi connectivity index (χ2v) is 1.83. The predicted octanol–water partition coefficient (Wildman–Crippen LogP) is 2.17. The van der Waals surface area contributed by atoms with Gasteiger partial charge in [0.1, 0.15) is 12.1 Å². The molecule has 2 heteroatoms. The predicted molar refractivity (Wildman–Crippen MR) is 39.2 cm³/mol. The van der Waals surface area contributed by atoms with E-state index in [0.717, 1.165) is 0 Å². The van der Waals surface area contributed by atoms with Crippen molar-refractivity contribution in [2.75, 3.05) is 0 Å². The van der Waals surface area contributed by atoms with E-state index in [0.29, 0.717) is 11.9 Å². The molecule has 0 unspecified atom stereocenters. The fourth-order valence-electron chi connectivity index (χ4n) is 0.344. The van der Waals surface area contributed by atoms with E-state index in [1.807, 2.05) is 0 Å². The van der Waals surface area contributed by atoms with E-state index < -0.39 is 5.83 Å². The Morgan fingerprint density at radius 3 is 2.60 bits per heavy atom. The van der Waals surface area contributed by atoms with E-state index in [-0.39, 0.29) is 0 Å². The second kappa shape index (κ2) is 4.68. The van der Waals surface area contributed by atoms with Crippen molar-refractivity contribution in [3.63, 3.8) is 0 Å². The Hall–Kier alpha value is -1.18. The van der Waals surface area contributed by atoms with E-state index in [9.17, 15) is 9.18 Å². The molecule has 0 N–H and O–H groups in total. The molecule has 0 heterocycles. The minimum atomic E-state index is -0.519. The lowest BCUT2D eigenvalue weighted by atomic mass is 10.3. The van der Waals surface area contributed by atoms with Crippen LogP contribution >= 0.6 is 0 Å². The van der Waals surface area contributed by atoms with Crippen LogP contribution in [-0.2, 0) is 4.79 Å². The Balaban J connectivity index is 3.93. The van der Waals surface area contributed by atoms with Gasteiger partial charge in [-0.15, -0.1) is 0 Å². The van der Waals surface area contributed by atoms with Crippen molar-refractivity contribution in [2.45, 2.75) is 6.92 Å². The molecular formula is C8H9FO. The summed E-state index contributed by atoms with van der Waals surface area (Å²) in [6.45, 7) is 4.64. The molecule has 0 aliphatic carbocycles. The Morgan fingerprint density at radius 2 is 2.20 bits per heavy atom. The average molecular weight is 140 g/mol. The molecule has 0 bridgehead atoms. The van der Waals surface area contributed by atoms with Gasteiger partial charge in [0.05, 0.1) is 0 Å². The molecule has 0 aromatic rings. The third-order valence-electron chi connectivity index (χ3n) is 0.822. The van der Waals surface area contributed by atoms with Crippen LogP contribution < -0.4 is 0 Å². The highest BCUT2D eigenvalue weighted by molar-refractivity contribution is 5.72. The zero-order valence-electron chi connectivity index (χ0n) is 5.80. The van der Waals surface area contributed by atoms with Crippen molar-refractivity contribution in [1.82, 2.24) is 0 Å². The fourth-order valence-corrected chi connectivity index (χ4v) is 0.344. The summed E-state index contributed by atoms with van der Waals surface area (Å²) >= 11 is 0. The number of allylic oxidation sites excluding steroid dienone is 5. The summed E-state index contributed by atoms with van der Waals surface area (Å²) in [6.07, 6.45) is 4.84. The molecule has 0 fully saturated rings. The third kappa shape index (κ3) is 4.97. The number of carbonyl (C=O) groups is 1. The van der Waals surface area contributed by atoms with Gasteiger partial charge in [0.25, 0.3) is 0 Å². The molecule has 10 heavy (non-hydrogen) atoms. The summed E-state index contributed by atoms with van der Waals surface area (Å²) < 4.78 is 11.9. The zero-order valence-corrected chi connectivity index (χ0v) is 5.80. The van der Waals surface area contributed by atoms with Gasteiger partial charge in [-0.05, 0) is 18.6 Å². The monoisotopic (exact) mass is 140 g/mol. The first-order valence-electron chi connectivity index (χ1n) is 2.81. The molecule has 0 aliphatic heterocycles. The SMILES string of the molecule is C=C(F)/C=C\C=C(/C)C=O. The smallest absolute Gasteiger partial charge is 0.145 e. The van der Waals surface area contributed by atoms with Gasteiger partial charge in [-0.3, -0.25) is 4.79 Å². The van der Waals surface area contributed by atoms with Crippen molar-refractivity contribution in [1.29, 1.82) is 0 Å². The van der Waals surface area contributed by atoms with Crippen molar-refractivity contribution in [3.05, 3.63) is 36.2 Å². The topological polar surface area (TPSA) is 17.1 Å². The van der Waals surface area contributed by atoms with Crippen molar-refractivity contribution in [3.8, 4) is 0 Å². The molecule has 0 aromatic carbocycles. The second-order valence-electron chi connectivity index (χ2n) is 1.83. The number of hydrogen-bond acceptors (Lipinski definition) is 1. The Morgan fingerprint density at radius 1 is 1.60 bits per heavy atom. The van der Waals surface area contributed by atoms with E-state index >= 15 is 0 Å². The van der Waals surface area contributed by atoms with Crippen LogP contribution in [0.15, 0.2) is 36.2 Å². The zero-order chi connectivity index (χ0) is 7.98. The largest absolute Gasteiger partial charge is 0.298 e. The molecule has 0 saturated carbocycles. The molecule has 0 amide bonds. The van der Waals surface area contributed by atoms with Crippen LogP contribution in [0.5, 0.6) is 0 Å². The number of hydrogen-bond donors (Lipinski definition) is 0. The van der Waals surface area contributed by atoms with Crippen LogP contribution in [0, 0.1) is 0 Å². The minimum absolute atomic E-state index is 0.519. The lowest BCUT2D eigenvalue weighted by Crippen LogP contribution is -1.71. The van der Waals surface area contributed by atoms with Gasteiger partial charge >= 0.3 is 0 Å². The summed E-state index contributed by atoms with van der Waals surface area (Å²) in [7, 11) is 0. The van der Waals surface area contributed by atoms with Crippen molar-refractivity contribution >= 4 is 6.29 Å². The maximum atomic E-state index is 11.9. The molecule has 54 valence electrons. The molecule has 1 nitrogen and oxygen atoms in total. The molecule has 0 saturated heterocycles. The van der Waals surface area contributed by atoms with E-state index in [1.165, 1.54) is 18.2 Å². The van der Waals surface area contributed by atoms with Gasteiger partial charge in [0.15, 0.2) is 0 Å². The summed E-state index contributed by atoms with van der Waals surface area (Å²) in [5.74, 6) is -0.519. The molecule has 0 aliphatic rings. The van der Waals surface area contributed by atoms with Gasteiger partial charge in [-0.1, -0.05) is 18.7 Å². The normalized spacial score (nSPS) is 12.0. The number of halogens is 1. The van der Waals surface area contributed by atoms with E-state index in [4.69, 9.17) is 0 Å². The summed E-state index contributed by atoms with van der Waals surface area (Å²) in [4.78, 5) is 9.96. The molecular weight excluding hydrogens is 131 g/mol. The number of rotatable bonds is 3. The number of carbonyl (C=O) groups excluding carboxylic acids is 1. The summed E-state index contributed by atoms with van der Waals surface area (Å²) in [6, 6.07) is 0. The minimum Gasteiger partial charge on any atom is -0.298 e. The van der Waals surface area contributed by atoms with Crippen LogP contribution in [0.2, 0.25) is 0 Å². The van der Waals surface area contributed by atoms with E-state index in [1.54, 1.807) is 6.92 Å². The van der Waals surface area contributed by atoms with Gasteiger partial charge in [0, 0.05) is 0 Å². The summed E-state index contributed by atoms with van der Waals surface area (Å²) in [5, 5.41) is 0. The highest BCUT2D eigenvalue weighted by Gasteiger charge is 1.79. The highest BCUT2D eigenvalue weighted by Crippen LogP contribution is 1.94. The van der Waals surface area contributed by atoms with Crippen LogP contribution in [0.25, 0.3) is 0 Å². The first-order chi connectivity index (χ1) is 4.66. The Labute approximate surface area is 59.6 Å². The first kappa shape index (κ1) is 8.82. The van der Waals surface area contributed by atoms with Crippen LogP contribution in [0.3, 0.4) is 0 Å². The van der Waals surface area contributed by atoms with Crippen LogP contribution in [0.4, 0.5) is 4.39 Å². The fraction of sp³-hybridized carbons (Fsp3) is 0.125. The van der Waals surface area contributed by atoms with Gasteiger partial charge in [0.2, 0.25) is 0 Å². The Bertz CT molecular complexity index is 189. The summed E-state index contributed by atoms with van der Waals surface area (Å²) in [5.41, 5.74) is 0.553. The molecule has 0 spiro atoms. The molecule has 0 aromatic heterocycles. The van der Waals surface area contributed by atoms with Crippen LogP contribution in [-0.4, -0.2) is 6.29 Å². The molecule has 0 rings (SSSR count). The standard InChI is InChI=1S/C8H9FO/c1-7(6-10)4-3-5-8(2)9/h3-6H,2H2,1H3/b5-3-,7-4+. The quantitative estimate of drug-likeness (QED) is 0.333. The first-order valence-corrected chi connectivity index (χ1v) is 2.81. The van der Waals surface area contributed by atoms with Crippen molar-refractivity contribution in [2.24, 2.45) is 0 Å². The Kier molecular flexibility index (Phi) is 4.12. The van der Waals surface area contributed by atoms with Gasteiger partial charge in [-0.25, -0.2) is 4.39 Å². The maximum absolute atomic E-state index is 11.9. The third-order valence-corrected chi connectivity index (χ3v) is 0.822. The molecule has 0 radical (unpaired) electrons. The highest BCUT2D eigenvalue weighted by atomic mass is 19.1. The van der Waals surface area contributed by atoms with Crippen LogP contribution in [0.1, 0.15) is 6.92 Å². The lowest BCUT2D eigenvalue weighted by Gasteiger charge is -1.80. The van der Waals surface area contributed by atoms with Gasteiger partial charge in [-0.2, -0.15) is 0 Å². The number of aldehydes is 1. The average Bonchev–Trinajstić information content (AvgIpc) is 1.87. The lowest BCUT2D eigenvalue weighted by molar-refractivity contribution is -0.104. The maximum Gasteiger partial charge on any atom is 0.145 e. The van der Waals surface area contributed by atoms with E-state index in [2.05, 4.69) is 6.58 Å².